The number of aryl methyl sites for hydroxylation is 1. The third-order valence-corrected chi connectivity index (χ3v) is 4.76. The van der Waals surface area contributed by atoms with Crippen molar-refractivity contribution in [2.75, 3.05) is 13.1 Å². The molecule has 1 N–H and O–H groups in total. The van der Waals surface area contributed by atoms with Gasteiger partial charge in [-0.1, -0.05) is 57.9 Å². The maximum atomic E-state index is 3.59. The Kier molecular flexibility index (Phi) is 4.23. The van der Waals surface area contributed by atoms with Gasteiger partial charge >= 0.3 is 0 Å². The molecule has 20 heavy (non-hydrogen) atoms. The summed E-state index contributed by atoms with van der Waals surface area (Å²) in [5.41, 5.74) is 4.24. The molecule has 1 aliphatic rings. The molecule has 104 valence electrons. The van der Waals surface area contributed by atoms with Crippen molar-refractivity contribution in [3.63, 3.8) is 0 Å². The molecule has 2 unspecified atom stereocenters. The molecule has 0 saturated carbocycles. The Morgan fingerprint density at radius 2 is 1.80 bits per heavy atom. The van der Waals surface area contributed by atoms with Crippen LogP contribution in [0.4, 0.5) is 0 Å². The van der Waals surface area contributed by atoms with E-state index >= 15 is 0 Å². The monoisotopic (exact) mass is 329 g/mol. The van der Waals surface area contributed by atoms with E-state index in [1.165, 1.54) is 27.6 Å². The largest absolute Gasteiger partial charge is 0.316 e. The van der Waals surface area contributed by atoms with E-state index in [2.05, 4.69) is 76.7 Å². The molecular formula is C18H20BrN. The maximum Gasteiger partial charge on any atom is 0.0178 e. The van der Waals surface area contributed by atoms with Gasteiger partial charge in [-0.15, -0.1) is 0 Å². The van der Waals surface area contributed by atoms with Crippen molar-refractivity contribution in [3.8, 4) is 0 Å². The van der Waals surface area contributed by atoms with Crippen LogP contribution in [0.1, 0.15) is 34.9 Å². The standard InChI is InChI=1S/C18H20BrN/c1-13-5-7-14(8-6-13)17-9-10-20-12-18(17)15-3-2-4-16(19)11-15/h2-8,11,17-18,20H,9-10,12H2,1H3. The molecule has 3 rings (SSSR count). The molecule has 1 heterocycles. The molecule has 1 saturated heterocycles. The van der Waals surface area contributed by atoms with Crippen molar-refractivity contribution >= 4 is 15.9 Å². The number of hydrogen-bond acceptors (Lipinski definition) is 1. The Labute approximate surface area is 129 Å². The number of halogens is 1. The molecule has 1 aliphatic heterocycles. The fourth-order valence-corrected chi connectivity index (χ4v) is 3.58. The lowest BCUT2D eigenvalue weighted by Crippen LogP contribution is -2.34. The van der Waals surface area contributed by atoms with Gasteiger partial charge in [0.15, 0.2) is 0 Å². The highest BCUT2D eigenvalue weighted by atomic mass is 79.9. The minimum atomic E-state index is 0.559. The Balaban J connectivity index is 1.93. The van der Waals surface area contributed by atoms with E-state index in [1.54, 1.807) is 0 Å². The summed E-state index contributed by atoms with van der Waals surface area (Å²) < 4.78 is 1.17. The Morgan fingerprint density at radius 3 is 2.55 bits per heavy atom. The first kappa shape index (κ1) is 13.8. The average Bonchev–Trinajstić information content (AvgIpc) is 2.48. The summed E-state index contributed by atoms with van der Waals surface area (Å²) in [5.74, 6) is 1.18. The van der Waals surface area contributed by atoms with Crippen LogP contribution >= 0.6 is 15.9 Å². The van der Waals surface area contributed by atoms with E-state index in [0.29, 0.717) is 11.8 Å². The lowest BCUT2D eigenvalue weighted by atomic mass is 9.77. The minimum absolute atomic E-state index is 0.559. The number of piperidine rings is 1. The first-order chi connectivity index (χ1) is 9.74. The predicted molar refractivity (Wildman–Crippen MR) is 88.3 cm³/mol. The van der Waals surface area contributed by atoms with E-state index in [-0.39, 0.29) is 0 Å². The second-order valence-electron chi connectivity index (χ2n) is 5.67. The smallest absolute Gasteiger partial charge is 0.0178 e. The van der Waals surface area contributed by atoms with Gasteiger partial charge in [-0.25, -0.2) is 0 Å². The Hall–Kier alpha value is -1.12. The molecule has 0 bridgehead atoms. The molecule has 0 radical (unpaired) electrons. The van der Waals surface area contributed by atoms with Crippen molar-refractivity contribution in [2.24, 2.45) is 0 Å². The first-order valence-electron chi connectivity index (χ1n) is 7.27. The summed E-state index contributed by atoms with van der Waals surface area (Å²) in [6.07, 6.45) is 1.21. The lowest BCUT2D eigenvalue weighted by molar-refractivity contribution is 0.404. The van der Waals surface area contributed by atoms with Gasteiger partial charge in [0.1, 0.15) is 0 Å². The second kappa shape index (κ2) is 6.11. The fraction of sp³-hybridized carbons (Fsp3) is 0.333. The number of benzene rings is 2. The third kappa shape index (κ3) is 2.97. The zero-order valence-corrected chi connectivity index (χ0v) is 13.4. The van der Waals surface area contributed by atoms with Gasteiger partial charge < -0.3 is 5.32 Å². The van der Waals surface area contributed by atoms with Crippen LogP contribution in [0.15, 0.2) is 53.0 Å². The Morgan fingerprint density at radius 1 is 1.00 bits per heavy atom. The highest BCUT2D eigenvalue weighted by Gasteiger charge is 2.27. The van der Waals surface area contributed by atoms with Gasteiger partial charge in [0, 0.05) is 16.9 Å². The summed E-state index contributed by atoms with van der Waals surface area (Å²) >= 11 is 3.59. The molecular weight excluding hydrogens is 310 g/mol. The van der Waals surface area contributed by atoms with Gasteiger partial charge in [0.25, 0.3) is 0 Å². The molecule has 2 atom stereocenters. The zero-order valence-electron chi connectivity index (χ0n) is 11.8. The summed E-state index contributed by atoms with van der Waals surface area (Å²) in [6.45, 7) is 4.33. The van der Waals surface area contributed by atoms with Crippen molar-refractivity contribution in [3.05, 3.63) is 69.7 Å². The molecule has 1 fully saturated rings. The summed E-state index contributed by atoms with van der Waals surface area (Å²) in [6, 6.07) is 17.8. The second-order valence-corrected chi connectivity index (χ2v) is 6.59. The predicted octanol–water partition coefficient (Wildman–Crippen LogP) is 4.62. The Bertz CT molecular complexity index is 576. The quantitative estimate of drug-likeness (QED) is 0.847. The van der Waals surface area contributed by atoms with E-state index in [9.17, 15) is 0 Å². The highest BCUT2D eigenvalue weighted by molar-refractivity contribution is 9.10. The van der Waals surface area contributed by atoms with Crippen LogP contribution < -0.4 is 5.32 Å². The van der Waals surface area contributed by atoms with E-state index < -0.39 is 0 Å². The minimum Gasteiger partial charge on any atom is -0.316 e. The van der Waals surface area contributed by atoms with Crippen LogP contribution in [-0.4, -0.2) is 13.1 Å². The van der Waals surface area contributed by atoms with Crippen LogP contribution in [0, 0.1) is 6.92 Å². The summed E-state index contributed by atoms with van der Waals surface area (Å²) in [4.78, 5) is 0. The molecule has 2 heteroatoms. The van der Waals surface area contributed by atoms with Crippen molar-refractivity contribution in [1.29, 1.82) is 0 Å². The highest BCUT2D eigenvalue weighted by Crippen LogP contribution is 2.37. The van der Waals surface area contributed by atoms with E-state index in [1.807, 2.05) is 0 Å². The van der Waals surface area contributed by atoms with Gasteiger partial charge in [-0.3, -0.25) is 0 Å². The van der Waals surface area contributed by atoms with Crippen molar-refractivity contribution in [2.45, 2.75) is 25.2 Å². The van der Waals surface area contributed by atoms with Crippen LogP contribution in [0.3, 0.4) is 0 Å². The van der Waals surface area contributed by atoms with Crippen LogP contribution in [-0.2, 0) is 0 Å². The molecule has 0 amide bonds. The van der Waals surface area contributed by atoms with Crippen LogP contribution in [0.2, 0.25) is 0 Å². The number of nitrogens with one attached hydrogen (secondary N) is 1. The molecule has 1 nitrogen and oxygen atoms in total. The maximum absolute atomic E-state index is 3.59. The van der Waals surface area contributed by atoms with Gasteiger partial charge in [-0.2, -0.15) is 0 Å². The summed E-state index contributed by atoms with van der Waals surface area (Å²) in [7, 11) is 0. The molecule has 0 spiro atoms. The van der Waals surface area contributed by atoms with Gasteiger partial charge in [0.05, 0.1) is 0 Å². The van der Waals surface area contributed by atoms with Gasteiger partial charge in [0.2, 0.25) is 0 Å². The lowest BCUT2D eigenvalue weighted by Gasteiger charge is -2.33. The molecule has 2 aromatic carbocycles. The van der Waals surface area contributed by atoms with E-state index in [0.717, 1.165) is 13.1 Å². The van der Waals surface area contributed by atoms with E-state index in [4.69, 9.17) is 0 Å². The normalized spacial score (nSPS) is 22.7. The van der Waals surface area contributed by atoms with Crippen LogP contribution in [0.25, 0.3) is 0 Å². The fourth-order valence-electron chi connectivity index (χ4n) is 3.16. The number of rotatable bonds is 2. The van der Waals surface area contributed by atoms with Crippen molar-refractivity contribution < 1.29 is 0 Å². The van der Waals surface area contributed by atoms with Crippen molar-refractivity contribution in [1.82, 2.24) is 5.32 Å². The zero-order chi connectivity index (χ0) is 13.9. The first-order valence-corrected chi connectivity index (χ1v) is 8.06. The van der Waals surface area contributed by atoms with Gasteiger partial charge in [-0.05, 0) is 49.1 Å². The number of hydrogen-bond donors (Lipinski definition) is 1. The van der Waals surface area contributed by atoms with Crippen LogP contribution in [0.5, 0.6) is 0 Å². The molecule has 2 aromatic rings. The molecule has 0 aromatic heterocycles. The summed E-state index contributed by atoms with van der Waals surface area (Å²) in [5, 5.41) is 3.55. The topological polar surface area (TPSA) is 12.0 Å². The third-order valence-electron chi connectivity index (χ3n) is 4.26. The SMILES string of the molecule is Cc1ccc(C2CCNCC2c2cccc(Br)c2)cc1. The molecule has 0 aliphatic carbocycles. The average molecular weight is 330 g/mol.